The Hall–Kier alpha value is -2.25. The smallest absolute Gasteiger partial charge is 0.222 e. The number of ether oxygens (including phenoxy) is 1. The molecule has 0 saturated carbocycles. The van der Waals surface area contributed by atoms with Crippen molar-refractivity contribution in [3.05, 3.63) is 48.0 Å². The van der Waals surface area contributed by atoms with E-state index in [-0.39, 0.29) is 12.0 Å². The van der Waals surface area contributed by atoms with Gasteiger partial charge in [0.15, 0.2) is 0 Å². The normalized spacial score (nSPS) is 17.8. The van der Waals surface area contributed by atoms with Crippen LogP contribution >= 0.6 is 0 Å². The highest BCUT2D eigenvalue weighted by molar-refractivity contribution is 5.76. The van der Waals surface area contributed by atoms with Crippen LogP contribution in [0.2, 0.25) is 0 Å². The summed E-state index contributed by atoms with van der Waals surface area (Å²) in [5, 5.41) is 10.3. The third-order valence-corrected chi connectivity index (χ3v) is 3.81. The average molecular weight is 315 g/mol. The summed E-state index contributed by atoms with van der Waals surface area (Å²) in [5.74, 6) is 0.00857. The lowest BCUT2D eigenvalue weighted by atomic mass is 10.1. The van der Waals surface area contributed by atoms with Crippen LogP contribution in [0.3, 0.4) is 0 Å². The molecule has 0 bridgehead atoms. The molecule has 7 nitrogen and oxygen atoms in total. The molecule has 1 amide bonds. The molecule has 1 saturated heterocycles. The number of benzene rings is 1. The lowest BCUT2D eigenvalue weighted by Crippen LogP contribution is -2.41. The van der Waals surface area contributed by atoms with Crippen molar-refractivity contribution in [2.75, 3.05) is 19.7 Å². The van der Waals surface area contributed by atoms with Gasteiger partial charge in [0, 0.05) is 19.6 Å². The van der Waals surface area contributed by atoms with Gasteiger partial charge in [-0.3, -0.25) is 4.79 Å². The van der Waals surface area contributed by atoms with E-state index in [0.717, 1.165) is 24.2 Å². The number of hydrogen-bond donors (Lipinski definition) is 2. The van der Waals surface area contributed by atoms with Gasteiger partial charge < -0.3 is 15.4 Å². The van der Waals surface area contributed by atoms with Crippen molar-refractivity contribution in [1.29, 1.82) is 0 Å². The quantitative estimate of drug-likeness (QED) is 0.802. The second-order valence-electron chi connectivity index (χ2n) is 5.54. The molecule has 1 unspecified atom stereocenters. The van der Waals surface area contributed by atoms with Gasteiger partial charge in [-0.15, -0.1) is 0 Å². The molecule has 0 spiro atoms. The van der Waals surface area contributed by atoms with Crippen LogP contribution in [0.5, 0.6) is 0 Å². The molecule has 1 atom stereocenters. The summed E-state index contributed by atoms with van der Waals surface area (Å²) < 4.78 is 7.32. The zero-order valence-corrected chi connectivity index (χ0v) is 12.9. The highest BCUT2D eigenvalue weighted by Crippen LogP contribution is 2.10. The largest absolute Gasteiger partial charge is 0.375 e. The SMILES string of the molecule is O=C(CC1CNCCO1)NCc1ccccc1Cn1cncn1. The van der Waals surface area contributed by atoms with Crippen LogP contribution in [-0.2, 0) is 22.6 Å². The first-order chi connectivity index (χ1) is 11.3. The van der Waals surface area contributed by atoms with Gasteiger partial charge in [-0.1, -0.05) is 24.3 Å². The van der Waals surface area contributed by atoms with E-state index in [1.54, 1.807) is 11.0 Å². The first kappa shape index (κ1) is 15.6. The van der Waals surface area contributed by atoms with Crippen molar-refractivity contribution in [2.24, 2.45) is 0 Å². The second kappa shape index (κ2) is 7.85. The fourth-order valence-electron chi connectivity index (χ4n) is 2.60. The number of carbonyl (C=O) groups excluding carboxylic acids is 1. The Kier molecular flexibility index (Phi) is 5.33. The minimum Gasteiger partial charge on any atom is -0.375 e. The maximum Gasteiger partial charge on any atom is 0.222 e. The predicted molar refractivity (Wildman–Crippen MR) is 84.6 cm³/mol. The third kappa shape index (κ3) is 4.61. The zero-order valence-electron chi connectivity index (χ0n) is 12.9. The average Bonchev–Trinajstić information content (AvgIpc) is 3.08. The number of aromatic nitrogens is 3. The number of rotatable bonds is 6. The Labute approximate surface area is 135 Å². The van der Waals surface area contributed by atoms with Crippen molar-refractivity contribution in [3.63, 3.8) is 0 Å². The third-order valence-electron chi connectivity index (χ3n) is 3.81. The summed E-state index contributed by atoms with van der Waals surface area (Å²) in [4.78, 5) is 16.0. The molecule has 2 N–H and O–H groups in total. The van der Waals surface area contributed by atoms with Gasteiger partial charge in [0.1, 0.15) is 12.7 Å². The predicted octanol–water partition coefficient (Wildman–Crippen LogP) is 0.321. The van der Waals surface area contributed by atoms with E-state index in [4.69, 9.17) is 4.74 Å². The van der Waals surface area contributed by atoms with E-state index in [1.807, 2.05) is 24.3 Å². The summed E-state index contributed by atoms with van der Waals surface area (Å²) in [5.41, 5.74) is 2.20. The van der Waals surface area contributed by atoms with E-state index in [9.17, 15) is 4.79 Å². The minimum atomic E-state index is -0.0332. The standard InChI is InChI=1S/C16H21N5O2/c22-16(7-15-9-17-5-6-23-15)19-8-13-3-1-2-4-14(13)10-21-12-18-11-20-21/h1-4,11-12,15,17H,5-10H2,(H,19,22). The van der Waals surface area contributed by atoms with Gasteiger partial charge in [0.2, 0.25) is 5.91 Å². The molecule has 2 aromatic rings. The van der Waals surface area contributed by atoms with Gasteiger partial charge in [-0.05, 0) is 11.1 Å². The molecule has 7 heteroatoms. The number of nitrogens with one attached hydrogen (secondary N) is 2. The summed E-state index contributed by atoms with van der Waals surface area (Å²) in [6.45, 7) is 3.40. The second-order valence-corrected chi connectivity index (χ2v) is 5.54. The van der Waals surface area contributed by atoms with Crippen LogP contribution < -0.4 is 10.6 Å². The molecule has 0 radical (unpaired) electrons. The molecule has 0 aliphatic carbocycles. The highest BCUT2D eigenvalue weighted by atomic mass is 16.5. The van der Waals surface area contributed by atoms with E-state index < -0.39 is 0 Å². The Morgan fingerprint density at radius 1 is 1.39 bits per heavy atom. The van der Waals surface area contributed by atoms with Gasteiger partial charge in [-0.2, -0.15) is 5.10 Å². The van der Waals surface area contributed by atoms with Crippen molar-refractivity contribution >= 4 is 5.91 Å². The van der Waals surface area contributed by atoms with Crippen LogP contribution in [0.1, 0.15) is 17.5 Å². The fraction of sp³-hybridized carbons (Fsp3) is 0.438. The maximum atomic E-state index is 12.1. The van der Waals surface area contributed by atoms with Crippen molar-refractivity contribution in [3.8, 4) is 0 Å². The fourth-order valence-corrected chi connectivity index (χ4v) is 2.60. The zero-order chi connectivity index (χ0) is 15.9. The number of amides is 1. The summed E-state index contributed by atoms with van der Waals surface area (Å²) in [6.07, 6.45) is 3.55. The first-order valence-corrected chi connectivity index (χ1v) is 7.79. The minimum absolute atomic E-state index is 0.00857. The van der Waals surface area contributed by atoms with Crippen LogP contribution in [0.4, 0.5) is 0 Å². The van der Waals surface area contributed by atoms with E-state index in [0.29, 0.717) is 26.1 Å². The lowest BCUT2D eigenvalue weighted by Gasteiger charge is -2.23. The number of hydrogen-bond acceptors (Lipinski definition) is 5. The van der Waals surface area contributed by atoms with Gasteiger partial charge in [-0.25, -0.2) is 9.67 Å². The van der Waals surface area contributed by atoms with Crippen LogP contribution in [-0.4, -0.2) is 46.5 Å². The number of carbonyl (C=O) groups is 1. The van der Waals surface area contributed by atoms with Crippen molar-refractivity contribution in [2.45, 2.75) is 25.6 Å². The van der Waals surface area contributed by atoms with E-state index >= 15 is 0 Å². The topological polar surface area (TPSA) is 81.1 Å². The Bertz CT molecular complexity index is 623. The summed E-state index contributed by atoms with van der Waals surface area (Å²) >= 11 is 0. The monoisotopic (exact) mass is 315 g/mol. The van der Waals surface area contributed by atoms with Crippen LogP contribution in [0.25, 0.3) is 0 Å². The molecule has 1 aromatic carbocycles. The number of nitrogens with zero attached hydrogens (tertiary/aromatic N) is 3. The van der Waals surface area contributed by atoms with E-state index in [2.05, 4.69) is 20.7 Å². The molecule has 1 aromatic heterocycles. The van der Waals surface area contributed by atoms with Crippen molar-refractivity contribution in [1.82, 2.24) is 25.4 Å². The summed E-state index contributed by atoms with van der Waals surface area (Å²) in [6, 6.07) is 8.02. The molecule has 3 rings (SSSR count). The summed E-state index contributed by atoms with van der Waals surface area (Å²) in [7, 11) is 0. The molecule has 122 valence electrons. The maximum absolute atomic E-state index is 12.1. The first-order valence-electron chi connectivity index (χ1n) is 7.79. The van der Waals surface area contributed by atoms with Crippen LogP contribution in [0.15, 0.2) is 36.9 Å². The van der Waals surface area contributed by atoms with Gasteiger partial charge in [0.05, 0.1) is 25.7 Å². The molecule has 1 aliphatic heterocycles. The van der Waals surface area contributed by atoms with Gasteiger partial charge in [0.25, 0.3) is 0 Å². The highest BCUT2D eigenvalue weighted by Gasteiger charge is 2.17. The lowest BCUT2D eigenvalue weighted by molar-refractivity contribution is -0.124. The molecule has 1 aliphatic rings. The molecular formula is C16H21N5O2. The molecular weight excluding hydrogens is 294 g/mol. The Morgan fingerprint density at radius 2 is 2.26 bits per heavy atom. The van der Waals surface area contributed by atoms with Crippen LogP contribution in [0, 0.1) is 0 Å². The molecule has 2 heterocycles. The Balaban J connectivity index is 1.54. The Morgan fingerprint density at radius 3 is 3.00 bits per heavy atom. The molecule has 23 heavy (non-hydrogen) atoms. The number of morpholine rings is 1. The van der Waals surface area contributed by atoms with Crippen molar-refractivity contribution < 1.29 is 9.53 Å². The molecule has 1 fully saturated rings. The van der Waals surface area contributed by atoms with E-state index in [1.165, 1.54) is 6.33 Å². The van der Waals surface area contributed by atoms with Gasteiger partial charge >= 0.3 is 0 Å².